The van der Waals surface area contributed by atoms with Gasteiger partial charge in [0.1, 0.15) is 6.29 Å². The minimum absolute atomic E-state index is 0.459. The molecule has 0 aliphatic rings. The molecule has 1 heterocycles. The van der Waals surface area contributed by atoms with Gasteiger partial charge in [0.15, 0.2) is 0 Å². The predicted molar refractivity (Wildman–Crippen MR) is 87.1 cm³/mol. The summed E-state index contributed by atoms with van der Waals surface area (Å²) in [7, 11) is 0. The molecule has 2 aromatic carbocycles. The molecular weight excluding hydrogens is 276 g/mol. The molecule has 0 saturated carbocycles. The summed E-state index contributed by atoms with van der Waals surface area (Å²) < 4.78 is 0. The van der Waals surface area contributed by atoms with Gasteiger partial charge in [-0.3, -0.25) is 9.59 Å². The fourth-order valence-electron chi connectivity index (χ4n) is 2.82. The number of H-pyrrole nitrogens is 1. The Morgan fingerprint density at radius 2 is 1.95 bits per heavy atom. The molecule has 1 amide bonds. The van der Waals surface area contributed by atoms with Crippen LogP contribution in [0.1, 0.15) is 32.0 Å². The van der Waals surface area contributed by atoms with Crippen LogP contribution in [-0.2, 0) is 0 Å². The maximum absolute atomic E-state index is 11.6. The molecule has 0 fully saturated rings. The molecule has 3 aromatic rings. The van der Waals surface area contributed by atoms with Gasteiger partial charge in [0, 0.05) is 16.6 Å². The summed E-state index contributed by atoms with van der Waals surface area (Å²) in [4.78, 5) is 25.9. The van der Waals surface area contributed by atoms with E-state index in [1.165, 1.54) is 0 Å². The molecule has 4 heteroatoms. The summed E-state index contributed by atoms with van der Waals surface area (Å²) >= 11 is 0. The van der Waals surface area contributed by atoms with E-state index in [1.807, 2.05) is 38.1 Å². The predicted octanol–water partition coefficient (Wildman–Crippen LogP) is 3.36. The maximum Gasteiger partial charge on any atom is 0.250 e. The molecule has 0 saturated heterocycles. The van der Waals surface area contributed by atoms with Gasteiger partial charge in [0.25, 0.3) is 5.91 Å². The molecule has 3 N–H and O–H groups in total. The van der Waals surface area contributed by atoms with E-state index in [-0.39, 0.29) is 0 Å². The van der Waals surface area contributed by atoms with Crippen molar-refractivity contribution < 1.29 is 9.59 Å². The van der Waals surface area contributed by atoms with Crippen LogP contribution in [0.15, 0.2) is 36.4 Å². The molecule has 4 nitrogen and oxygen atoms in total. The summed E-state index contributed by atoms with van der Waals surface area (Å²) in [5, 5.41) is 0.969. The number of amides is 1. The van der Waals surface area contributed by atoms with E-state index >= 15 is 0 Å². The third kappa shape index (κ3) is 2.09. The second-order valence-electron chi connectivity index (χ2n) is 5.39. The lowest BCUT2D eigenvalue weighted by molar-refractivity contribution is 0.100. The molecule has 0 bridgehead atoms. The van der Waals surface area contributed by atoms with Crippen molar-refractivity contribution in [2.24, 2.45) is 5.73 Å². The van der Waals surface area contributed by atoms with Gasteiger partial charge in [-0.05, 0) is 42.7 Å². The van der Waals surface area contributed by atoms with Crippen LogP contribution in [0.2, 0.25) is 0 Å². The fourth-order valence-corrected chi connectivity index (χ4v) is 2.82. The molecule has 0 aliphatic heterocycles. The van der Waals surface area contributed by atoms with Crippen LogP contribution in [0.4, 0.5) is 0 Å². The zero-order valence-electron chi connectivity index (χ0n) is 12.4. The number of primary amides is 1. The Morgan fingerprint density at radius 3 is 2.64 bits per heavy atom. The minimum Gasteiger partial charge on any atom is -0.366 e. The molecule has 1 aromatic heterocycles. The lowest BCUT2D eigenvalue weighted by Gasteiger charge is -2.08. The number of hydrogen-bond acceptors (Lipinski definition) is 2. The Labute approximate surface area is 128 Å². The smallest absolute Gasteiger partial charge is 0.250 e. The number of aromatic nitrogens is 1. The number of rotatable bonds is 3. The molecule has 0 unspecified atom stereocenters. The highest BCUT2D eigenvalue weighted by atomic mass is 16.1. The van der Waals surface area contributed by atoms with Crippen molar-refractivity contribution in [2.45, 2.75) is 13.8 Å². The van der Waals surface area contributed by atoms with E-state index in [1.54, 1.807) is 12.1 Å². The number of benzene rings is 2. The zero-order valence-corrected chi connectivity index (χ0v) is 12.4. The van der Waals surface area contributed by atoms with Crippen molar-refractivity contribution in [3.63, 3.8) is 0 Å². The van der Waals surface area contributed by atoms with Gasteiger partial charge in [0.2, 0.25) is 0 Å². The molecule has 3 rings (SSSR count). The lowest BCUT2D eigenvalue weighted by Crippen LogP contribution is -2.11. The lowest BCUT2D eigenvalue weighted by atomic mass is 9.95. The Kier molecular flexibility index (Phi) is 3.29. The maximum atomic E-state index is 11.6. The third-order valence-corrected chi connectivity index (χ3v) is 4.05. The van der Waals surface area contributed by atoms with Crippen molar-refractivity contribution in [1.82, 2.24) is 4.98 Å². The first kappa shape index (κ1) is 14.1. The highest BCUT2D eigenvalue weighted by Crippen LogP contribution is 2.34. The highest BCUT2D eigenvalue weighted by molar-refractivity contribution is 6.10. The van der Waals surface area contributed by atoms with Gasteiger partial charge in [-0.25, -0.2) is 0 Å². The fraction of sp³-hybridized carbons (Fsp3) is 0.111. The second kappa shape index (κ2) is 5.15. The highest BCUT2D eigenvalue weighted by Gasteiger charge is 2.16. The standard InChI is InChI=1S/C18H16N2O2/c1-10-11(2)20-17-15(18(19)22)7-6-14(16(10)17)13-5-3-4-12(8-13)9-21/h3-9,20H,1-2H3,(H2,19,22). The number of nitrogens with one attached hydrogen (secondary N) is 1. The van der Waals surface area contributed by atoms with Crippen molar-refractivity contribution in [1.29, 1.82) is 0 Å². The molecule has 22 heavy (non-hydrogen) atoms. The monoisotopic (exact) mass is 292 g/mol. The van der Waals surface area contributed by atoms with E-state index in [0.29, 0.717) is 11.1 Å². The van der Waals surface area contributed by atoms with Crippen molar-refractivity contribution >= 4 is 23.1 Å². The van der Waals surface area contributed by atoms with Crippen LogP contribution in [0.5, 0.6) is 0 Å². The van der Waals surface area contributed by atoms with Gasteiger partial charge < -0.3 is 10.7 Å². The topological polar surface area (TPSA) is 76.0 Å². The number of hydrogen-bond donors (Lipinski definition) is 2. The number of aromatic amines is 1. The summed E-state index contributed by atoms with van der Waals surface area (Å²) in [5.74, 6) is -0.459. The normalized spacial score (nSPS) is 10.8. The van der Waals surface area contributed by atoms with Crippen molar-refractivity contribution in [3.8, 4) is 11.1 Å². The van der Waals surface area contributed by atoms with Crippen LogP contribution >= 0.6 is 0 Å². The summed E-state index contributed by atoms with van der Waals surface area (Å²) in [6.45, 7) is 3.97. The molecule has 110 valence electrons. The van der Waals surface area contributed by atoms with Crippen LogP contribution < -0.4 is 5.73 Å². The zero-order chi connectivity index (χ0) is 15.9. The van der Waals surface area contributed by atoms with Crippen LogP contribution in [0.25, 0.3) is 22.0 Å². The average molecular weight is 292 g/mol. The molecule has 0 spiro atoms. The van der Waals surface area contributed by atoms with Crippen LogP contribution in [-0.4, -0.2) is 17.2 Å². The molecule has 0 atom stereocenters. The Hall–Kier alpha value is -2.88. The number of carbonyl (C=O) groups excluding carboxylic acids is 2. The number of aryl methyl sites for hydroxylation is 2. The SMILES string of the molecule is Cc1[nH]c2c(C(N)=O)ccc(-c3cccc(C=O)c3)c2c1C. The first-order valence-corrected chi connectivity index (χ1v) is 7.00. The number of nitrogens with two attached hydrogens (primary N) is 1. The van der Waals surface area contributed by atoms with Crippen LogP contribution in [0, 0.1) is 13.8 Å². The Bertz CT molecular complexity index is 907. The Balaban J connectivity index is 2.37. The van der Waals surface area contributed by atoms with Gasteiger partial charge in [-0.15, -0.1) is 0 Å². The minimum atomic E-state index is -0.459. The van der Waals surface area contributed by atoms with E-state index in [4.69, 9.17) is 5.73 Å². The quantitative estimate of drug-likeness (QED) is 0.726. The molecular formula is C18H16N2O2. The third-order valence-electron chi connectivity index (χ3n) is 4.05. The van der Waals surface area contributed by atoms with Gasteiger partial charge in [-0.2, -0.15) is 0 Å². The summed E-state index contributed by atoms with van der Waals surface area (Å²) in [6.07, 6.45) is 0.827. The van der Waals surface area contributed by atoms with Crippen molar-refractivity contribution in [3.05, 3.63) is 58.8 Å². The number of aldehydes is 1. The average Bonchev–Trinajstić information content (AvgIpc) is 2.82. The number of fused-ring (bicyclic) bond motifs is 1. The second-order valence-corrected chi connectivity index (χ2v) is 5.39. The molecule has 0 radical (unpaired) electrons. The molecule has 0 aliphatic carbocycles. The van der Waals surface area contributed by atoms with Gasteiger partial charge in [-0.1, -0.05) is 24.3 Å². The van der Waals surface area contributed by atoms with E-state index in [2.05, 4.69) is 4.98 Å². The van der Waals surface area contributed by atoms with Crippen LogP contribution in [0.3, 0.4) is 0 Å². The van der Waals surface area contributed by atoms with Gasteiger partial charge >= 0.3 is 0 Å². The summed E-state index contributed by atoms with van der Waals surface area (Å²) in [6, 6.07) is 11.0. The first-order chi connectivity index (χ1) is 10.5. The van der Waals surface area contributed by atoms with Gasteiger partial charge in [0.05, 0.1) is 11.1 Å². The van der Waals surface area contributed by atoms with E-state index in [0.717, 1.165) is 39.6 Å². The first-order valence-electron chi connectivity index (χ1n) is 7.00. The summed E-state index contributed by atoms with van der Waals surface area (Å²) in [5.41, 5.74) is 11.3. The number of carbonyl (C=O) groups is 2. The van der Waals surface area contributed by atoms with E-state index < -0.39 is 5.91 Å². The Morgan fingerprint density at radius 1 is 1.18 bits per heavy atom. The van der Waals surface area contributed by atoms with Crippen molar-refractivity contribution in [2.75, 3.05) is 0 Å². The largest absolute Gasteiger partial charge is 0.366 e. The van der Waals surface area contributed by atoms with E-state index in [9.17, 15) is 9.59 Å².